The van der Waals surface area contributed by atoms with Gasteiger partial charge in [-0.05, 0) is 49.4 Å². The molecule has 2 saturated carbocycles. The van der Waals surface area contributed by atoms with Crippen molar-refractivity contribution < 1.29 is 28.7 Å². The van der Waals surface area contributed by atoms with E-state index >= 15 is 0 Å². The Morgan fingerprint density at radius 1 is 0.806 bits per heavy atom. The summed E-state index contributed by atoms with van der Waals surface area (Å²) in [5.74, 6) is -0.842. The Bertz CT molecular complexity index is 610. The highest BCUT2D eigenvalue weighted by atomic mass is 16.6. The highest BCUT2D eigenvalue weighted by Crippen LogP contribution is 2.43. The van der Waals surface area contributed by atoms with Crippen molar-refractivity contribution in [3.63, 3.8) is 0 Å². The third kappa shape index (κ3) is 13.8. The molecule has 0 bridgehead atoms. The minimum absolute atomic E-state index is 0.170. The number of esters is 3. The molecular formula is C25H42O6. The summed E-state index contributed by atoms with van der Waals surface area (Å²) in [6, 6.07) is 0. The van der Waals surface area contributed by atoms with Gasteiger partial charge < -0.3 is 9.47 Å². The fraction of sp³-hybridized carbons (Fsp3) is 0.760. The van der Waals surface area contributed by atoms with Crippen LogP contribution in [0.15, 0.2) is 12.7 Å². The Morgan fingerprint density at radius 2 is 1.23 bits per heavy atom. The van der Waals surface area contributed by atoms with E-state index in [1.54, 1.807) is 0 Å². The number of ketones is 1. The normalized spacial score (nSPS) is 20.5. The average Bonchev–Trinajstić information content (AvgIpc) is 2.60. The standard InChI is InChI=1S/C13H22O2.C8H14O.C4H6O3/c1-5-6-13(15-11(2)14)9-7-12(3,4)8-10-13;1-8(2)5-3-7(9)4-6-8;1-3(5)7-4(2)6/h5H,1,6-10H2,2-4H3;3-6H2,1-2H3;1-2H3. The second-order valence-electron chi connectivity index (χ2n) is 10.2. The van der Waals surface area contributed by atoms with Crippen LogP contribution in [0.25, 0.3) is 0 Å². The Morgan fingerprint density at radius 3 is 1.52 bits per heavy atom. The molecule has 2 aliphatic rings. The summed E-state index contributed by atoms with van der Waals surface area (Å²) in [6.07, 6.45) is 10.6. The predicted molar refractivity (Wildman–Crippen MR) is 121 cm³/mol. The first-order valence-electron chi connectivity index (χ1n) is 11.1. The molecule has 2 aliphatic carbocycles. The van der Waals surface area contributed by atoms with E-state index in [0.29, 0.717) is 16.6 Å². The lowest BCUT2D eigenvalue weighted by Crippen LogP contribution is -2.40. The van der Waals surface area contributed by atoms with Crippen LogP contribution in [0.4, 0.5) is 0 Å². The first kappa shape index (κ1) is 29.0. The molecule has 0 aromatic carbocycles. The van der Waals surface area contributed by atoms with E-state index in [9.17, 15) is 19.2 Å². The van der Waals surface area contributed by atoms with Crippen molar-refractivity contribution in [3.8, 4) is 0 Å². The lowest BCUT2D eigenvalue weighted by molar-refractivity contribution is -0.163. The van der Waals surface area contributed by atoms with Gasteiger partial charge in [-0.1, -0.05) is 33.8 Å². The van der Waals surface area contributed by atoms with Gasteiger partial charge in [0.1, 0.15) is 11.4 Å². The van der Waals surface area contributed by atoms with Crippen molar-refractivity contribution in [2.24, 2.45) is 10.8 Å². The number of hydrogen-bond donors (Lipinski definition) is 0. The van der Waals surface area contributed by atoms with Crippen LogP contribution in [0.3, 0.4) is 0 Å². The van der Waals surface area contributed by atoms with Crippen molar-refractivity contribution in [2.45, 2.75) is 112 Å². The van der Waals surface area contributed by atoms with E-state index in [2.05, 4.69) is 39.0 Å². The monoisotopic (exact) mass is 438 g/mol. The summed E-state index contributed by atoms with van der Waals surface area (Å²) in [6.45, 7) is 16.6. The molecule has 0 aromatic heterocycles. The first-order valence-corrected chi connectivity index (χ1v) is 11.1. The van der Waals surface area contributed by atoms with Gasteiger partial charge in [0.25, 0.3) is 0 Å². The molecule has 0 heterocycles. The van der Waals surface area contributed by atoms with Gasteiger partial charge >= 0.3 is 17.9 Å². The fourth-order valence-corrected chi connectivity index (χ4v) is 3.71. The van der Waals surface area contributed by atoms with Crippen LogP contribution in [-0.4, -0.2) is 29.3 Å². The molecule has 2 fully saturated rings. The summed E-state index contributed by atoms with van der Waals surface area (Å²) in [5, 5.41) is 0. The molecule has 178 valence electrons. The second-order valence-corrected chi connectivity index (χ2v) is 10.2. The van der Waals surface area contributed by atoms with Crippen LogP contribution < -0.4 is 0 Å². The zero-order valence-electron chi connectivity index (χ0n) is 20.6. The molecule has 0 saturated heterocycles. The van der Waals surface area contributed by atoms with Gasteiger partial charge in [-0.2, -0.15) is 0 Å². The zero-order chi connectivity index (χ0) is 24.3. The first-order chi connectivity index (χ1) is 14.1. The number of ether oxygens (including phenoxy) is 2. The van der Waals surface area contributed by atoms with Gasteiger partial charge in [0, 0.05) is 40.0 Å². The Kier molecular flexibility index (Phi) is 12.0. The van der Waals surface area contributed by atoms with E-state index in [-0.39, 0.29) is 11.6 Å². The van der Waals surface area contributed by atoms with Crippen LogP contribution in [0, 0.1) is 10.8 Å². The number of rotatable bonds is 3. The minimum atomic E-state index is -0.562. The van der Waals surface area contributed by atoms with Gasteiger partial charge in [-0.25, -0.2) is 0 Å². The summed E-state index contributed by atoms with van der Waals surface area (Å²) >= 11 is 0. The van der Waals surface area contributed by atoms with Crippen LogP contribution >= 0.6 is 0 Å². The Labute approximate surface area is 188 Å². The van der Waals surface area contributed by atoms with Crippen molar-refractivity contribution in [1.82, 2.24) is 0 Å². The van der Waals surface area contributed by atoms with Crippen LogP contribution in [-0.2, 0) is 28.7 Å². The summed E-state index contributed by atoms with van der Waals surface area (Å²) in [7, 11) is 0. The molecule has 0 aliphatic heterocycles. The van der Waals surface area contributed by atoms with Gasteiger partial charge in [-0.15, -0.1) is 6.58 Å². The van der Waals surface area contributed by atoms with E-state index in [1.807, 2.05) is 6.08 Å². The van der Waals surface area contributed by atoms with E-state index in [1.165, 1.54) is 20.8 Å². The molecule has 2 rings (SSSR count). The topological polar surface area (TPSA) is 86.7 Å². The summed E-state index contributed by atoms with van der Waals surface area (Å²) < 4.78 is 9.47. The molecule has 0 radical (unpaired) electrons. The molecule has 6 heteroatoms. The average molecular weight is 439 g/mol. The van der Waals surface area contributed by atoms with Gasteiger partial charge in [0.15, 0.2) is 0 Å². The zero-order valence-corrected chi connectivity index (χ0v) is 20.6. The maximum Gasteiger partial charge on any atom is 0.310 e. The maximum atomic E-state index is 11.1. The number of hydrogen-bond acceptors (Lipinski definition) is 6. The third-order valence-corrected chi connectivity index (χ3v) is 5.84. The Hall–Kier alpha value is -1.98. The number of Topliss-reactive ketones (excluding diaryl/α,β-unsaturated/α-hetero) is 1. The van der Waals surface area contributed by atoms with Crippen LogP contribution in [0.2, 0.25) is 0 Å². The molecule has 0 amide bonds. The van der Waals surface area contributed by atoms with Crippen molar-refractivity contribution in [3.05, 3.63) is 12.7 Å². The van der Waals surface area contributed by atoms with Crippen molar-refractivity contribution in [1.29, 1.82) is 0 Å². The van der Waals surface area contributed by atoms with Gasteiger partial charge in [-0.3, -0.25) is 19.2 Å². The molecular weight excluding hydrogens is 396 g/mol. The SMILES string of the molecule is C=CCC1(OC(C)=O)CCC(C)(C)CC1.CC(=O)OC(C)=O.CC1(C)CCC(=O)CC1. The molecule has 0 unspecified atom stereocenters. The highest BCUT2D eigenvalue weighted by molar-refractivity contribution is 5.82. The molecule has 0 atom stereocenters. The maximum absolute atomic E-state index is 11.1. The smallest absolute Gasteiger partial charge is 0.310 e. The van der Waals surface area contributed by atoms with Crippen LogP contribution in [0.1, 0.15) is 106 Å². The second kappa shape index (κ2) is 12.8. The van der Waals surface area contributed by atoms with Crippen LogP contribution in [0.5, 0.6) is 0 Å². The van der Waals surface area contributed by atoms with Crippen molar-refractivity contribution in [2.75, 3.05) is 0 Å². The lowest BCUT2D eigenvalue weighted by atomic mass is 9.70. The molecule has 31 heavy (non-hydrogen) atoms. The molecule has 0 spiro atoms. The van der Waals surface area contributed by atoms with E-state index in [4.69, 9.17) is 4.74 Å². The lowest BCUT2D eigenvalue weighted by Gasteiger charge is -2.42. The third-order valence-electron chi connectivity index (χ3n) is 5.84. The predicted octanol–water partition coefficient (Wildman–Crippen LogP) is 5.72. The summed E-state index contributed by atoms with van der Waals surface area (Å²) in [4.78, 5) is 41.5. The number of carbonyl (C=O) groups excluding carboxylic acids is 4. The van der Waals surface area contributed by atoms with Gasteiger partial charge in [0.2, 0.25) is 0 Å². The minimum Gasteiger partial charge on any atom is -0.459 e. The molecule has 0 aromatic rings. The Balaban J connectivity index is 0.000000479. The van der Waals surface area contributed by atoms with Crippen molar-refractivity contribution >= 4 is 23.7 Å². The van der Waals surface area contributed by atoms with E-state index in [0.717, 1.165) is 57.8 Å². The van der Waals surface area contributed by atoms with Gasteiger partial charge in [0.05, 0.1) is 0 Å². The number of carbonyl (C=O) groups is 4. The fourth-order valence-electron chi connectivity index (χ4n) is 3.71. The van der Waals surface area contributed by atoms with E-state index < -0.39 is 11.9 Å². The largest absolute Gasteiger partial charge is 0.459 e. The molecule has 6 nitrogen and oxygen atoms in total. The molecule has 0 N–H and O–H groups in total. The quantitative estimate of drug-likeness (QED) is 0.318. The summed E-state index contributed by atoms with van der Waals surface area (Å²) in [5.41, 5.74) is 0.571. The highest BCUT2D eigenvalue weighted by Gasteiger charge is 2.39.